The number of Topliss-reactive ketones (excluding diaryl/α,β-unsaturated/α-hetero) is 1. The number of carbonyl (C=O) groups is 2. The molecule has 168 valence electrons. The quantitative estimate of drug-likeness (QED) is 0.168. The normalized spacial score (nSPS) is 12.7. The largest absolute Gasteiger partial charge is 0.488 e. The third-order valence-electron chi connectivity index (χ3n) is 5.17. The minimum absolute atomic E-state index is 0.0282. The molecule has 0 aromatic heterocycles. The van der Waals surface area contributed by atoms with Crippen LogP contribution in [0.25, 0.3) is 0 Å². The second kappa shape index (κ2) is 11.4. The molecule has 1 rings (SSSR count). The molecule has 0 heterocycles. The van der Waals surface area contributed by atoms with Crippen LogP contribution in [0.4, 0.5) is 0 Å². The van der Waals surface area contributed by atoms with Crippen LogP contribution in [0.15, 0.2) is 53.0 Å². The summed E-state index contributed by atoms with van der Waals surface area (Å²) >= 11 is 6.16. The summed E-state index contributed by atoms with van der Waals surface area (Å²) in [5.74, 6) is -0.709. The van der Waals surface area contributed by atoms with E-state index >= 15 is 0 Å². The summed E-state index contributed by atoms with van der Waals surface area (Å²) in [6.45, 7) is 15.0. The molecule has 31 heavy (non-hydrogen) atoms. The predicted octanol–water partition coefficient (Wildman–Crippen LogP) is 3.65. The fourth-order valence-electron chi connectivity index (χ4n) is 2.81. The third-order valence-corrected chi connectivity index (χ3v) is 5.50. The van der Waals surface area contributed by atoms with Gasteiger partial charge in [0.25, 0.3) is 5.91 Å². The average molecular weight is 447 g/mol. The van der Waals surface area contributed by atoms with Gasteiger partial charge in [-0.05, 0) is 64.7 Å². The molecular weight excluding hydrogens is 415 g/mol. The van der Waals surface area contributed by atoms with Gasteiger partial charge < -0.3 is 10.0 Å². The van der Waals surface area contributed by atoms with Crippen molar-refractivity contribution in [3.05, 3.63) is 69.7 Å². The molecule has 0 bridgehead atoms. The first-order valence-corrected chi connectivity index (χ1v) is 10.5. The SMILES string of the molecule is C=C(C(=O)NN(CC(=O)c1cc(C)cc(C)c1)C(C)(C)CC)C(Cl)=CC(=CC)B(O)O. The number of benzene rings is 1. The molecule has 8 heteroatoms. The van der Waals surface area contributed by atoms with Crippen molar-refractivity contribution < 1.29 is 19.6 Å². The van der Waals surface area contributed by atoms with Crippen molar-refractivity contribution >= 4 is 30.4 Å². The van der Waals surface area contributed by atoms with Crippen LogP contribution in [0.5, 0.6) is 0 Å². The van der Waals surface area contributed by atoms with Crippen LogP contribution in [0.3, 0.4) is 0 Å². The first kappa shape index (κ1) is 26.8. The molecule has 0 spiro atoms. The van der Waals surface area contributed by atoms with Crippen LogP contribution in [-0.2, 0) is 4.79 Å². The molecule has 0 atom stereocenters. The lowest BCUT2D eigenvalue weighted by molar-refractivity contribution is -0.124. The smallest absolute Gasteiger partial charge is 0.423 e. The predicted molar refractivity (Wildman–Crippen MR) is 126 cm³/mol. The van der Waals surface area contributed by atoms with Crippen LogP contribution in [-0.4, -0.2) is 45.9 Å². The fourth-order valence-corrected chi connectivity index (χ4v) is 3.02. The molecule has 0 radical (unpaired) electrons. The molecule has 1 aromatic rings. The number of amides is 1. The van der Waals surface area contributed by atoms with Crippen molar-refractivity contribution in [1.82, 2.24) is 10.4 Å². The Morgan fingerprint density at radius 3 is 2.23 bits per heavy atom. The molecule has 0 saturated carbocycles. The van der Waals surface area contributed by atoms with Crippen molar-refractivity contribution in [3.8, 4) is 0 Å². The molecule has 3 N–H and O–H groups in total. The monoisotopic (exact) mass is 446 g/mol. The van der Waals surface area contributed by atoms with Gasteiger partial charge in [0.15, 0.2) is 5.78 Å². The maximum absolute atomic E-state index is 13.0. The van der Waals surface area contributed by atoms with E-state index in [1.54, 1.807) is 11.9 Å². The van der Waals surface area contributed by atoms with Crippen molar-refractivity contribution in [2.45, 2.75) is 53.5 Å². The van der Waals surface area contributed by atoms with Gasteiger partial charge in [0.2, 0.25) is 0 Å². The van der Waals surface area contributed by atoms with Gasteiger partial charge in [0.05, 0.1) is 17.2 Å². The molecule has 1 amide bonds. The standard InChI is InChI=1S/C23H32BClN2O4/c1-8-19(24(30)31)13-20(25)17(5)22(29)26-27(23(6,7)9-2)14-21(28)18-11-15(3)10-16(4)12-18/h8,10-13,30-31H,5,9,14H2,1-4,6-7H3,(H,26,29). The van der Waals surface area contributed by atoms with Crippen LogP contribution in [0, 0.1) is 13.8 Å². The zero-order chi connectivity index (χ0) is 23.9. The first-order valence-electron chi connectivity index (χ1n) is 10.1. The number of allylic oxidation sites excluding steroid dienone is 3. The summed E-state index contributed by atoms with van der Waals surface area (Å²) < 4.78 is 0. The maximum atomic E-state index is 13.0. The zero-order valence-electron chi connectivity index (χ0n) is 19.1. The number of hydrogen-bond donors (Lipinski definition) is 3. The molecule has 0 fully saturated rings. The van der Waals surface area contributed by atoms with E-state index in [0.29, 0.717) is 12.0 Å². The van der Waals surface area contributed by atoms with Gasteiger partial charge in [0, 0.05) is 11.1 Å². The highest BCUT2D eigenvalue weighted by Crippen LogP contribution is 2.21. The van der Waals surface area contributed by atoms with Crippen molar-refractivity contribution in [2.24, 2.45) is 0 Å². The number of halogens is 1. The Morgan fingerprint density at radius 1 is 1.23 bits per heavy atom. The van der Waals surface area contributed by atoms with Gasteiger partial charge in [-0.2, -0.15) is 0 Å². The van der Waals surface area contributed by atoms with E-state index in [1.165, 1.54) is 12.2 Å². The Labute approximate surface area is 190 Å². The van der Waals surface area contributed by atoms with Gasteiger partial charge in [-0.1, -0.05) is 48.4 Å². The summed E-state index contributed by atoms with van der Waals surface area (Å²) in [6, 6.07) is 5.64. The third kappa shape index (κ3) is 7.78. The number of aryl methyl sites for hydroxylation is 2. The number of hydrazine groups is 1. The molecule has 0 aliphatic carbocycles. The summed E-state index contributed by atoms with van der Waals surface area (Å²) in [6.07, 6.45) is 3.40. The Bertz CT molecular complexity index is 887. The summed E-state index contributed by atoms with van der Waals surface area (Å²) in [7, 11) is -1.72. The van der Waals surface area contributed by atoms with E-state index in [1.807, 2.05) is 52.8 Å². The van der Waals surface area contributed by atoms with Crippen LogP contribution >= 0.6 is 11.6 Å². The fraction of sp³-hybridized carbons (Fsp3) is 0.391. The van der Waals surface area contributed by atoms with Gasteiger partial charge in [-0.15, -0.1) is 0 Å². The minimum atomic E-state index is -1.72. The van der Waals surface area contributed by atoms with Gasteiger partial charge in [-0.25, -0.2) is 5.01 Å². The minimum Gasteiger partial charge on any atom is -0.423 e. The highest BCUT2D eigenvalue weighted by molar-refractivity contribution is 6.52. The van der Waals surface area contributed by atoms with E-state index in [9.17, 15) is 19.6 Å². The lowest BCUT2D eigenvalue weighted by atomic mass is 9.79. The van der Waals surface area contributed by atoms with Crippen molar-refractivity contribution in [2.75, 3.05) is 6.54 Å². The Kier molecular flexibility index (Phi) is 9.91. The molecule has 0 unspecified atom stereocenters. The number of nitrogens with one attached hydrogen (secondary N) is 1. The lowest BCUT2D eigenvalue weighted by Crippen LogP contribution is -2.56. The van der Waals surface area contributed by atoms with Crippen molar-refractivity contribution in [3.63, 3.8) is 0 Å². The van der Waals surface area contributed by atoms with E-state index in [0.717, 1.165) is 11.1 Å². The number of carbonyl (C=O) groups excluding carboxylic acids is 2. The number of rotatable bonds is 10. The summed E-state index contributed by atoms with van der Waals surface area (Å²) in [4.78, 5) is 25.7. The zero-order valence-corrected chi connectivity index (χ0v) is 19.9. The number of nitrogens with zero attached hydrogens (tertiary/aromatic N) is 1. The molecule has 0 aliphatic rings. The van der Waals surface area contributed by atoms with E-state index in [2.05, 4.69) is 12.0 Å². The van der Waals surface area contributed by atoms with Crippen LogP contribution in [0.2, 0.25) is 0 Å². The molecule has 0 aliphatic heterocycles. The molecule has 0 saturated heterocycles. The topological polar surface area (TPSA) is 89.9 Å². The highest BCUT2D eigenvalue weighted by Gasteiger charge is 2.30. The van der Waals surface area contributed by atoms with Crippen LogP contribution in [0.1, 0.15) is 55.6 Å². The first-order chi connectivity index (χ1) is 14.3. The number of hydrogen-bond acceptors (Lipinski definition) is 5. The Morgan fingerprint density at radius 2 is 1.77 bits per heavy atom. The van der Waals surface area contributed by atoms with Gasteiger partial charge in [0.1, 0.15) is 0 Å². The van der Waals surface area contributed by atoms with Crippen LogP contribution < -0.4 is 5.43 Å². The van der Waals surface area contributed by atoms with Crippen molar-refractivity contribution in [1.29, 1.82) is 0 Å². The van der Waals surface area contributed by atoms with E-state index in [-0.39, 0.29) is 28.4 Å². The second-order valence-electron chi connectivity index (χ2n) is 8.13. The summed E-state index contributed by atoms with van der Waals surface area (Å²) in [5.41, 5.74) is 4.86. The average Bonchev–Trinajstić information content (AvgIpc) is 2.69. The summed E-state index contributed by atoms with van der Waals surface area (Å²) in [5, 5.41) is 20.2. The molecule has 6 nitrogen and oxygen atoms in total. The lowest BCUT2D eigenvalue weighted by Gasteiger charge is -2.37. The molecular formula is C23H32BClN2O4. The second-order valence-corrected chi connectivity index (χ2v) is 8.53. The Hall–Kier alpha value is -2.19. The number of ketones is 1. The van der Waals surface area contributed by atoms with E-state index in [4.69, 9.17) is 11.6 Å². The Balaban J connectivity index is 3.10. The maximum Gasteiger partial charge on any atom is 0.488 e. The highest BCUT2D eigenvalue weighted by atomic mass is 35.5. The van der Waals surface area contributed by atoms with Gasteiger partial charge >= 0.3 is 7.12 Å². The van der Waals surface area contributed by atoms with E-state index < -0.39 is 18.6 Å². The molecule has 1 aromatic carbocycles. The van der Waals surface area contributed by atoms with Gasteiger partial charge in [-0.3, -0.25) is 15.0 Å².